The van der Waals surface area contributed by atoms with Crippen molar-refractivity contribution in [3.05, 3.63) is 64.8 Å². The Labute approximate surface area is 139 Å². The Hall–Kier alpha value is -2.11. The van der Waals surface area contributed by atoms with Gasteiger partial charge in [-0.15, -0.1) is 0 Å². The van der Waals surface area contributed by atoms with Gasteiger partial charge in [-0.05, 0) is 49.7 Å². The Morgan fingerprint density at radius 2 is 1.83 bits per heavy atom. The minimum Gasteiger partial charge on any atom is -0.377 e. The third-order valence-corrected chi connectivity index (χ3v) is 5.06. The molecule has 1 aromatic heterocycles. The van der Waals surface area contributed by atoms with Gasteiger partial charge in [-0.3, -0.25) is 0 Å². The normalized spacial score (nSPS) is 11.6. The van der Waals surface area contributed by atoms with Gasteiger partial charge in [-0.1, -0.05) is 29.8 Å². The minimum absolute atomic E-state index is 0.0894. The number of para-hydroxylation sites is 1. The van der Waals surface area contributed by atoms with Crippen molar-refractivity contribution < 1.29 is 12.6 Å². The molecule has 0 saturated carbocycles. The van der Waals surface area contributed by atoms with E-state index < -0.39 is 10.1 Å². The predicted molar refractivity (Wildman–Crippen MR) is 90.5 cm³/mol. The van der Waals surface area contributed by atoms with Gasteiger partial charge in [0, 0.05) is 16.1 Å². The molecule has 3 rings (SSSR count). The average molecular weight is 348 g/mol. The van der Waals surface area contributed by atoms with E-state index in [1.165, 1.54) is 12.1 Å². The number of fused-ring (bicyclic) bond motifs is 1. The Bertz CT molecular complexity index is 1000. The molecule has 2 aromatic carbocycles. The largest absolute Gasteiger partial charge is 0.377 e. The number of halogens is 1. The first-order chi connectivity index (χ1) is 10.9. The monoisotopic (exact) mass is 347 g/mol. The van der Waals surface area contributed by atoms with Crippen LogP contribution in [0, 0.1) is 13.8 Å². The fourth-order valence-electron chi connectivity index (χ4n) is 2.34. The average Bonchev–Trinajstić information content (AvgIpc) is 2.47. The van der Waals surface area contributed by atoms with Crippen molar-refractivity contribution >= 4 is 32.6 Å². The molecule has 0 amide bonds. The molecule has 0 unspecified atom stereocenters. The molecule has 3 aromatic rings. The molecule has 6 heteroatoms. The molecule has 0 bridgehead atoms. The number of nitrogens with zero attached hydrogens (tertiary/aromatic N) is 1. The second-order valence-corrected chi connectivity index (χ2v) is 7.18. The standard InChI is InChI=1S/C17H14ClNO3S/c1-11-10-14(18)8-9-16(11)23(20,21)22-15-5-3-4-13-7-6-12(2)19-17(13)15/h3-10H,1-2H3. The SMILES string of the molecule is Cc1ccc2cccc(OS(=O)(=O)c3ccc(Cl)cc3C)c2n1. The van der Waals surface area contributed by atoms with Gasteiger partial charge in [0.25, 0.3) is 0 Å². The molecule has 118 valence electrons. The van der Waals surface area contributed by atoms with Crippen LogP contribution in [-0.2, 0) is 10.1 Å². The lowest BCUT2D eigenvalue weighted by Crippen LogP contribution is -2.11. The summed E-state index contributed by atoms with van der Waals surface area (Å²) in [7, 11) is -3.96. The van der Waals surface area contributed by atoms with Gasteiger partial charge in [0.15, 0.2) is 5.75 Å². The first-order valence-corrected chi connectivity index (χ1v) is 8.72. The zero-order chi connectivity index (χ0) is 16.6. The number of rotatable bonds is 3. The molecule has 4 nitrogen and oxygen atoms in total. The molecule has 0 aliphatic carbocycles. The zero-order valence-electron chi connectivity index (χ0n) is 12.6. The summed E-state index contributed by atoms with van der Waals surface area (Å²) in [4.78, 5) is 4.47. The van der Waals surface area contributed by atoms with E-state index in [4.69, 9.17) is 15.8 Å². The van der Waals surface area contributed by atoms with E-state index in [9.17, 15) is 8.42 Å². The van der Waals surface area contributed by atoms with Crippen molar-refractivity contribution in [2.45, 2.75) is 18.7 Å². The van der Waals surface area contributed by atoms with Crippen molar-refractivity contribution in [2.75, 3.05) is 0 Å². The van der Waals surface area contributed by atoms with Gasteiger partial charge in [-0.25, -0.2) is 4.98 Å². The summed E-state index contributed by atoms with van der Waals surface area (Å²) < 4.78 is 30.5. The number of benzene rings is 2. The molecular weight excluding hydrogens is 334 g/mol. The highest BCUT2D eigenvalue weighted by Gasteiger charge is 2.21. The lowest BCUT2D eigenvalue weighted by molar-refractivity contribution is 0.487. The molecule has 0 saturated heterocycles. The summed E-state index contributed by atoms with van der Waals surface area (Å²) in [6.07, 6.45) is 0. The lowest BCUT2D eigenvalue weighted by atomic mass is 10.2. The van der Waals surface area contributed by atoms with Gasteiger partial charge >= 0.3 is 10.1 Å². The van der Waals surface area contributed by atoms with Crippen LogP contribution in [0.15, 0.2) is 53.4 Å². The Morgan fingerprint density at radius 1 is 1.04 bits per heavy atom. The van der Waals surface area contributed by atoms with Crippen LogP contribution in [0.25, 0.3) is 10.9 Å². The molecule has 23 heavy (non-hydrogen) atoms. The van der Waals surface area contributed by atoms with Crippen LogP contribution in [0.2, 0.25) is 5.02 Å². The highest BCUT2D eigenvalue weighted by molar-refractivity contribution is 7.87. The fourth-order valence-corrected chi connectivity index (χ4v) is 3.72. The third-order valence-electron chi connectivity index (χ3n) is 3.43. The summed E-state index contributed by atoms with van der Waals surface area (Å²) in [6.45, 7) is 3.52. The minimum atomic E-state index is -3.96. The molecule has 0 N–H and O–H groups in total. The second-order valence-electron chi connectivity index (χ2n) is 5.23. The van der Waals surface area contributed by atoms with E-state index in [1.54, 1.807) is 25.1 Å². The van der Waals surface area contributed by atoms with E-state index in [0.29, 0.717) is 16.1 Å². The molecule has 0 aliphatic heterocycles. The topological polar surface area (TPSA) is 56.3 Å². The van der Waals surface area contributed by atoms with Crippen LogP contribution < -0.4 is 4.18 Å². The van der Waals surface area contributed by atoms with Crippen molar-refractivity contribution in [2.24, 2.45) is 0 Å². The van der Waals surface area contributed by atoms with Gasteiger partial charge in [0.1, 0.15) is 10.4 Å². The lowest BCUT2D eigenvalue weighted by Gasteiger charge is -2.11. The van der Waals surface area contributed by atoms with Crippen LogP contribution >= 0.6 is 11.6 Å². The second kappa shape index (κ2) is 5.83. The summed E-state index contributed by atoms with van der Waals surface area (Å²) in [5, 5.41) is 1.29. The van der Waals surface area contributed by atoms with Crippen molar-refractivity contribution in [1.82, 2.24) is 4.98 Å². The fraction of sp³-hybridized carbons (Fsp3) is 0.118. The molecular formula is C17H14ClNO3S. The molecule has 0 atom stereocenters. The third kappa shape index (κ3) is 3.16. The van der Waals surface area contributed by atoms with E-state index in [-0.39, 0.29) is 10.6 Å². The maximum absolute atomic E-state index is 12.6. The molecule has 1 heterocycles. The van der Waals surface area contributed by atoms with Crippen LogP contribution in [0.1, 0.15) is 11.3 Å². The number of aryl methyl sites for hydroxylation is 2. The van der Waals surface area contributed by atoms with E-state index >= 15 is 0 Å². The highest BCUT2D eigenvalue weighted by Crippen LogP contribution is 2.28. The van der Waals surface area contributed by atoms with E-state index in [0.717, 1.165) is 11.1 Å². The van der Waals surface area contributed by atoms with Crippen molar-refractivity contribution in [3.63, 3.8) is 0 Å². The highest BCUT2D eigenvalue weighted by atomic mass is 35.5. The molecule has 0 spiro atoms. The van der Waals surface area contributed by atoms with E-state index in [2.05, 4.69) is 4.98 Å². The number of hydrogen-bond acceptors (Lipinski definition) is 4. The molecule has 0 fully saturated rings. The first-order valence-electron chi connectivity index (χ1n) is 6.94. The van der Waals surface area contributed by atoms with Gasteiger partial charge in [0.05, 0.1) is 0 Å². The Balaban J connectivity index is 2.09. The van der Waals surface area contributed by atoms with Gasteiger partial charge < -0.3 is 4.18 Å². The summed E-state index contributed by atoms with van der Waals surface area (Å²) in [5.74, 6) is 0.209. The van der Waals surface area contributed by atoms with Crippen molar-refractivity contribution in [1.29, 1.82) is 0 Å². The maximum atomic E-state index is 12.6. The summed E-state index contributed by atoms with van der Waals surface area (Å²) in [6, 6.07) is 13.5. The van der Waals surface area contributed by atoms with Gasteiger partial charge in [0.2, 0.25) is 0 Å². The first kappa shape index (κ1) is 15.8. The Kier molecular flexibility index (Phi) is 4.00. The Morgan fingerprint density at radius 3 is 2.57 bits per heavy atom. The number of pyridine rings is 1. The van der Waals surface area contributed by atoms with Crippen LogP contribution in [-0.4, -0.2) is 13.4 Å². The zero-order valence-corrected chi connectivity index (χ0v) is 14.1. The summed E-state index contributed by atoms with van der Waals surface area (Å²) >= 11 is 5.88. The van der Waals surface area contributed by atoms with Crippen LogP contribution in [0.5, 0.6) is 5.75 Å². The summed E-state index contributed by atoms with van der Waals surface area (Å²) in [5.41, 5.74) is 1.83. The molecule has 0 aliphatic rings. The quantitative estimate of drug-likeness (QED) is 0.664. The molecule has 0 radical (unpaired) electrons. The van der Waals surface area contributed by atoms with Crippen LogP contribution in [0.4, 0.5) is 0 Å². The smallest absolute Gasteiger partial charge is 0.339 e. The van der Waals surface area contributed by atoms with Gasteiger partial charge in [-0.2, -0.15) is 8.42 Å². The van der Waals surface area contributed by atoms with Crippen LogP contribution in [0.3, 0.4) is 0 Å². The maximum Gasteiger partial charge on any atom is 0.339 e. The number of aromatic nitrogens is 1. The van der Waals surface area contributed by atoms with E-state index in [1.807, 2.05) is 25.1 Å². The number of hydrogen-bond donors (Lipinski definition) is 0. The predicted octanol–water partition coefficient (Wildman–Crippen LogP) is 4.27. The van der Waals surface area contributed by atoms with Crippen molar-refractivity contribution in [3.8, 4) is 5.75 Å².